The third kappa shape index (κ3) is 3.97. The van der Waals surface area contributed by atoms with Gasteiger partial charge >= 0.3 is 6.18 Å². The number of aromatic nitrogens is 2. The van der Waals surface area contributed by atoms with Crippen molar-refractivity contribution in [1.82, 2.24) is 9.78 Å². The van der Waals surface area contributed by atoms with Crippen LogP contribution in [0.25, 0.3) is 0 Å². The topological polar surface area (TPSA) is 56.1 Å². The van der Waals surface area contributed by atoms with E-state index in [-0.39, 0.29) is 16.9 Å². The number of nitrogens with zero attached hydrogens (tertiary/aromatic N) is 2. The largest absolute Gasteiger partial charge is 0.497 e. The van der Waals surface area contributed by atoms with Crippen LogP contribution in [0.4, 0.5) is 18.9 Å². The molecule has 1 amide bonds. The Bertz CT molecular complexity index is 800. The van der Waals surface area contributed by atoms with Gasteiger partial charge in [-0.2, -0.15) is 18.3 Å². The molecule has 1 aromatic carbocycles. The number of ether oxygens (including phenoxy) is 1. The highest BCUT2D eigenvalue weighted by atomic mass is 79.9. The number of hydrogen-bond donors (Lipinski definition) is 1. The van der Waals surface area contributed by atoms with E-state index in [1.165, 1.54) is 7.11 Å². The Morgan fingerprint density at radius 1 is 1.44 bits per heavy atom. The molecular formula is C16H15BrF3N3O2. The van der Waals surface area contributed by atoms with Crippen molar-refractivity contribution in [2.75, 3.05) is 12.4 Å². The van der Waals surface area contributed by atoms with E-state index in [0.29, 0.717) is 17.1 Å². The first kappa shape index (κ1) is 17.8. The van der Waals surface area contributed by atoms with E-state index in [1.807, 2.05) is 0 Å². The maximum absolute atomic E-state index is 13.1. The minimum absolute atomic E-state index is 0.00240. The smallest absolute Gasteiger partial charge is 0.436 e. The molecule has 0 atom stereocenters. The summed E-state index contributed by atoms with van der Waals surface area (Å²) in [6.07, 6.45) is -2.99. The summed E-state index contributed by atoms with van der Waals surface area (Å²) in [5, 5.41) is 6.26. The highest BCUT2D eigenvalue weighted by molar-refractivity contribution is 9.10. The Morgan fingerprint density at radius 3 is 2.76 bits per heavy atom. The second-order valence-corrected chi connectivity index (χ2v) is 6.55. The van der Waals surface area contributed by atoms with Crippen LogP contribution >= 0.6 is 15.9 Å². The number of carbonyl (C=O) groups is 1. The number of alkyl halides is 3. The first-order valence-corrected chi connectivity index (χ1v) is 8.36. The van der Waals surface area contributed by atoms with Gasteiger partial charge in [0.1, 0.15) is 12.3 Å². The van der Waals surface area contributed by atoms with Crippen LogP contribution in [0.1, 0.15) is 30.1 Å². The van der Waals surface area contributed by atoms with Gasteiger partial charge in [-0.15, -0.1) is 0 Å². The Kier molecular flexibility index (Phi) is 4.77. The van der Waals surface area contributed by atoms with E-state index < -0.39 is 17.8 Å². The summed E-state index contributed by atoms with van der Waals surface area (Å²) < 4.78 is 45.4. The minimum Gasteiger partial charge on any atom is -0.497 e. The van der Waals surface area contributed by atoms with Gasteiger partial charge in [0.15, 0.2) is 5.69 Å². The van der Waals surface area contributed by atoms with Crippen molar-refractivity contribution in [3.05, 3.63) is 40.1 Å². The van der Waals surface area contributed by atoms with Crippen LogP contribution in [0.5, 0.6) is 5.75 Å². The molecule has 1 fully saturated rings. The molecule has 1 aliphatic carbocycles. The fraction of sp³-hybridized carbons (Fsp3) is 0.375. The van der Waals surface area contributed by atoms with Crippen molar-refractivity contribution >= 4 is 27.5 Å². The molecule has 1 aromatic heterocycles. The zero-order chi connectivity index (χ0) is 18.2. The number of amides is 1. The lowest BCUT2D eigenvalue weighted by atomic mass is 10.2. The van der Waals surface area contributed by atoms with Crippen molar-refractivity contribution in [2.24, 2.45) is 0 Å². The predicted molar refractivity (Wildman–Crippen MR) is 88.5 cm³/mol. The predicted octanol–water partition coefficient (Wildman–Crippen LogP) is 4.19. The Balaban J connectivity index is 1.81. The molecule has 0 radical (unpaired) electrons. The van der Waals surface area contributed by atoms with Crippen LogP contribution in [-0.4, -0.2) is 22.8 Å². The number of anilines is 1. The molecule has 0 aliphatic heterocycles. The summed E-state index contributed by atoms with van der Waals surface area (Å²) in [5.74, 6) is 0.110. The molecule has 0 spiro atoms. The van der Waals surface area contributed by atoms with Gasteiger partial charge in [-0.1, -0.05) is 6.07 Å². The quantitative estimate of drug-likeness (QED) is 0.793. The third-order valence-corrected chi connectivity index (χ3v) is 4.59. The van der Waals surface area contributed by atoms with Crippen molar-refractivity contribution < 1.29 is 22.7 Å². The van der Waals surface area contributed by atoms with Crippen molar-refractivity contribution in [3.8, 4) is 5.75 Å². The molecule has 3 rings (SSSR count). The molecule has 1 heterocycles. The van der Waals surface area contributed by atoms with Crippen molar-refractivity contribution in [2.45, 2.75) is 31.5 Å². The van der Waals surface area contributed by atoms with Crippen LogP contribution in [-0.2, 0) is 17.5 Å². The normalized spacial score (nSPS) is 14.4. The van der Waals surface area contributed by atoms with Crippen LogP contribution in [0, 0.1) is 0 Å². The Morgan fingerprint density at radius 2 is 2.16 bits per heavy atom. The molecule has 25 heavy (non-hydrogen) atoms. The first-order chi connectivity index (χ1) is 11.8. The molecule has 1 saturated carbocycles. The van der Waals surface area contributed by atoms with Gasteiger partial charge in [0.2, 0.25) is 5.91 Å². The number of hydrogen-bond acceptors (Lipinski definition) is 3. The van der Waals surface area contributed by atoms with Gasteiger partial charge in [0.25, 0.3) is 0 Å². The van der Waals surface area contributed by atoms with Gasteiger partial charge in [-0.25, -0.2) is 0 Å². The van der Waals surface area contributed by atoms with E-state index in [2.05, 4.69) is 26.3 Å². The summed E-state index contributed by atoms with van der Waals surface area (Å²) in [6, 6.07) is 6.72. The van der Waals surface area contributed by atoms with Crippen LogP contribution in [0.3, 0.4) is 0 Å². The maximum atomic E-state index is 13.1. The van der Waals surface area contributed by atoms with Gasteiger partial charge in [0, 0.05) is 17.7 Å². The first-order valence-electron chi connectivity index (χ1n) is 7.57. The molecular weight excluding hydrogens is 403 g/mol. The Labute approximate surface area is 150 Å². The summed E-state index contributed by atoms with van der Waals surface area (Å²) in [7, 11) is 1.50. The second kappa shape index (κ2) is 6.70. The summed E-state index contributed by atoms with van der Waals surface area (Å²) in [6.45, 7) is -0.294. The van der Waals surface area contributed by atoms with Crippen LogP contribution in [0.15, 0.2) is 28.7 Å². The van der Waals surface area contributed by atoms with E-state index in [1.54, 1.807) is 24.3 Å². The van der Waals surface area contributed by atoms with Gasteiger partial charge in [-0.3, -0.25) is 9.48 Å². The van der Waals surface area contributed by atoms with Gasteiger partial charge in [-0.05, 0) is 40.9 Å². The van der Waals surface area contributed by atoms with E-state index in [9.17, 15) is 18.0 Å². The van der Waals surface area contributed by atoms with E-state index >= 15 is 0 Å². The summed E-state index contributed by atoms with van der Waals surface area (Å²) >= 11 is 3.00. The fourth-order valence-corrected chi connectivity index (χ4v) is 3.37. The highest BCUT2D eigenvalue weighted by Gasteiger charge is 2.41. The number of benzene rings is 1. The molecule has 1 aliphatic rings. The number of methoxy groups -OCH3 is 1. The van der Waals surface area contributed by atoms with Crippen LogP contribution in [0.2, 0.25) is 0 Å². The lowest BCUT2D eigenvalue weighted by Crippen LogP contribution is -2.21. The fourth-order valence-electron chi connectivity index (χ4n) is 2.54. The lowest BCUT2D eigenvalue weighted by Gasteiger charge is -2.09. The summed E-state index contributed by atoms with van der Waals surface area (Å²) in [4.78, 5) is 12.2. The molecule has 0 bridgehead atoms. The van der Waals surface area contributed by atoms with Crippen LogP contribution < -0.4 is 10.1 Å². The minimum atomic E-state index is -4.57. The summed E-state index contributed by atoms with van der Waals surface area (Å²) in [5.41, 5.74) is -0.0729. The number of halogens is 4. The van der Waals surface area contributed by atoms with Gasteiger partial charge < -0.3 is 10.1 Å². The number of rotatable bonds is 5. The molecule has 5 nitrogen and oxygen atoms in total. The monoisotopic (exact) mass is 417 g/mol. The Hall–Kier alpha value is -2.03. The molecule has 9 heteroatoms. The SMILES string of the molecule is COc1cccc(NC(=O)Cn2nc(C(F)(F)F)c(Br)c2C2CC2)c1. The molecule has 2 aromatic rings. The molecule has 134 valence electrons. The lowest BCUT2D eigenvalue weighted by molar-refractivity contribution is -0.142. The second-order valence-electron chi connectivity index (χ2n) is 5.76. The average Bonchev–Trinajstić information content (AvgIpc) is 3.31. The highest BCUT2D eigenvalue weighted by Crippen LogP contribution is 2.46. The molecule has 0 unspecified atom stereocenters. The maximum Gasteiger partial charge on any atom is 0.436 e. The van der Waals surface area contributed by atoms with Crippen molar-refractivity contribution in [3.63, 3.8) is 0 Å². The average molecular weight is 418 g/mol. The van der Waals surface area contributed by atoms with Gasteiger partial charge in [0.05, 0.1) is 17.3 Å². The standard InChI is InChI=1S/C16H15BrF3N3O2/c1-25-11-4-2-3-10(7-11)21-12(24)8-23-14(9-5-6-9)13(17)15(22-23)16(18,19)20/h2-4,7,9H,5-6,8H2,1H3,(H,21,24). The zero-order valence-electron chi connectivity index (χ0n) is 13.2. The number of carbonyl (C=O) groups excluding carboxylic acids is 1. The van der Waals surface area contributed by atoms with Crippen molar-refractivity contribution in [1.29, 1.82) is 0 Å². The molecule has 0 saturated heterocycles. The third-order valence-electron chi connectivity index (χ3n) is 3.81. The number of nitrogens with one attached hydrogen (secondary N) is 1. The molecule has 1 N–H and O–H groups in total. The van der Waals surface area contributed by atoms with E-state index in [4.69, 9.17) is 4.74 Å². The van der Waals surface area contributed by atoms with E-state index in [0.717, 1.165) is 17.5 Å². The zero-order valence-corrected chi connectivity index (χ0v) is 14.8.